The highest BCUT2D eigenvalue weighted by molar-refractivity contribution is 5.92. The van der Waals surface area contributed by atoms with Gasteiger partial charge in [0.05, 0.1) is 12.1 Å². The SMILES string of the molecule is O=C(Cc1cccc(F)c1)Nc1cccc(-n2cnnc2)c1. The van der Waals surface area contributed by atoms with Gasteiger partial charge in [-0.1, -0.05) is 18.2 Å². The van der Waals surface area contributed by atoms with Gasteiger partial charge in [0.15, 0.2) is 0 Å². The second kappa shape index (κ2) is 6.17. The van der Waals surface area contributed by atoms with Gasteiger partial charge in [-0.05, 0) is 35.9 Å². The highest BCUT2D eigenvalue weighted by Gasteiger charge is 2.06. The van der Waals surface area contributed by atoms with Crippen molar-refractivity contribution in [3.63, 3.8) is 0 Å². The predicted octanol–water partition coefficient (Wildman–Crippen LogP) is 2.59. The maximum absolute atomic E-state index is 13.1. The van der Waals surface area contributed by atoms with Gasteiger partial charge in [0.1, 0.15) is 18.5 Å². The molecule has 0 saturated heterocycles. The van der Waals surface area contributed by atoms with Crippen LogP contribution in [0, 0.1) is 5.82 Å². The van der Waals surface area contributed by atoms with Crippen molar-refractivity contribution in [3.8, 4) is 5.69 Å². The summed E-state index contributed by atoms with van der Waals surface area (Å²) in [6.07, 6.45) is 3.27. The smallest absolute Gasteiger partial charge is 0.228 e. The van der Waals surface area contributed by atoms with E-state index in [9.17, 15) is 9.18 Å². The molecule has 0 radical (unpaired) electrons. The van der Waals surface area contributed by atoms with Crippen LogP contribution >= 0.6 is 0 Å². The van der Waals surface area contributed by atoms with Crippen molar-refractivity contribution in [3.05, 3.63) is 72.6 Å². The van der Waals surface area contributed by atoms with Crippen LogP contribution in [0.4, 0.5) is 10.1 Å². The Labute approximate surface area is 126 Å². The molecule has 0 atom stereocenters. The summed E-state index contributed by atoms with van der Waals surface area (Å²) >= 11 is 0. The molecule has 0 aliphatic rings. The molecule has 1 heterocycles. The molecule has 0 bridgehead atoms. The van der Waals surface area contributed by atoms with E-state index in [2.05, 4.69) is 15.5 Å². The van der Waals surface area contributed by atoms with Crippen molar-refractivity contribution in [1.29, 1.82) is 0 Å². The number of hydrogen-bond donors (Lipinski definition) is 1. The third kappa shape index (κ3) is 3.35. The molecule has 1 N–H and O–H groups in total. The van der Waals surface area contributed by atoms with Crippen molar-refractivity contribution in [2.45, 2.75) is 6.42 Å². The lowest BCUT2D eigenvalue weighted by Gasteiger charge is -2.08. The Bertz CT molecular complexity index is 786. The number of anilines is 1. The third-order valence-electron chi connectivity index (χ3n) is 3.10. The average molecular weight is 296 g/mol. The standard InChI is InChI=1S/C16H13FN4O/c17-13-4-1-3-12(7-13)8-16(22)20-14-5-2-6-15(9-14)21-10-18-19-11-21/h1-7,9-11H,8H2,(H,20,22). The van der Waals surface area contributed by atoms with Crippen molar-refractivity contribution >= 4 is 11.6 Å². The van der Waals surface area contributed by atoms with Crippen LogP contribution in [0.25, 0.3) is 5.69 Å². The number of benzene rings is 2. The summed E-state index contributed by atoms with van der Waals surface area (Å²) in [5, 5.41) is 10.3. The van der Waals surface area contributed by atoms with Crippen LogP contribution in [0.3, 0.4) is 0 Å². The zero-order chi connectivity index (χ0) is 15.4. The molecule has 1 amide bonds. The van der Waals surface area contributed by atoms with Crippen LogP contribution in [-0.2, 0) is 11.2 Å². The van der Waals surface area contributed by atoms with E-state index in [1.165, 1.54) is 12.1 Å². The minimum Gasteiger partial charge on any atom is -0.326 e. The predicted molar refractivity (Wildman–Crippen MR) is 80.1 cm³/mol. The number of carbonyl (C=O) groups is 1. The van der Waals surface area contributed by atoms with Crippen molar-refractivity contribution < 1.29 is 9.18 Å². The minimum atomic E-state index is -0.347. The second-order valence-corrected chi connectivity index (χ2v) is 4.77. The van der Waals surface area contributed by atoms with Gasteiger partial charge in [-0.2, -0.15) is 0 Å². The lowest BCUT2D eigenvalue weighted by atomic mass is 10.1. The van der Waals surface area contributed by atoms with Gasteiger partial charge < -0.3 is 5.32 Å². The van der Waals surface area contributed by atoms with E-state index in [0.717, 1.165) is 5.69 Å². The lowest BCUT2D eigenvalue weighted by Crippen LogP contribution is -2.14. The first-order valence-corrected chi connectivity index (χ1v) is 6.70. The number of rotatable bonds is 4. The van der Waals surface area contributed by atoms with E-state index in [1.807, 2.05) is 18.2 Å². The Kier molecular flexibility index (Phi) is 3.91. The second-order valence-electron chi connectivity index (χ2n) is 4.77. The first-order valence-electron chi connectivity index (χ1n) is 6.70. The van der Waals surface area contributed by atoms with Gasteiger partial charge in [0.2, 0.25) is 5.91 Å². The first-order chi connectivity index (χ1) is 10.7. The molecule has 5 nitrogen and oxygen atoms in total. The van der Waals surface area contributed by atoms with Gasteiger partial charge in [0, 0.05) is 5.69 Å². The topological polar surface area (TPSA) is 59.8 Å². The summed E-state index contributed by atoms with van der Waals surface area (Å²) in [5.74, 6) is -0.550. The molecule has 0 aliphatic heterocycles. The number of halogens is 1. The molecule has 0 saturated carbocycles. The van der Waals surface area contributed by atoms with Gasteiger partial charge in [-0.25, -0.2) is 4.39 Å². The molecule has 0 aliphatic carbocycles. The molecule has 0 spiro atoms. The van der Waals surface area contributed by atoms with E-state index in [-0.39, 0.29) is 18.1 Å². The number of amides is 1. The van der Waals surface area contributed by atoms with Gasteiger partial charge in [-0.15, -0.1) is 10.2 Å². The summed E-state index contributed by atoms with van der Waals surface area (Å²) in [6, 6.07) is 13.3. The zero-order valence-electron chi connectivity index (χ0n) is 11.6. The maximum atomic E-state index is 13.1. The highest BCUT2D eigenvalue weighted by atomic mass is 19.1. The van der Waals surface area contributed by atoms with Crippen LogP contribution in [0.2, 0.25) is 0 Å². The largest absolute Gasteiger partial charge is 0.326 e. The Morgan fingerprint density at radius 2 is 1.86 bits per heavy atom. The number of aromatic nitrogens is 3. The lowest BCUT2D eigenvalue weighted by molar-refractivity contribution is -0.115. The molecule has 22 heavy (non-hydrogen) atoms. The number of carbonyl (C=O) groups excluding carboxylic acids is 1. The summed E-state index contributed by atoms with van der Waals surface area (Å²) < 4.78 is 14.8. The van der Waals surface area contributed by atoms with Gasteiger partial charge in [0.25, 0.3) is 0 Å². The zero-order valence-corrected chi connectivity index (χ0v) is 11.6. The number of nitrogens with one attached hydrogen (secondary N) is 1. The summed E-state index contributed by atoms with van der Waals surface area (Å²) in [6.45, 7) is 0. The summed E-state index contributed by atoms with van der Waals surface area (Å²) in [4.78, 5) is 12.0. The van der Waals surface area contributed by atoms with E-state index >= 15 is 0 Å². The van der Waals surface area contributed by atoms with E-state index < -0.39 is 0 Å². The van der Waals surface area contributed by atoms with E-state index in [0.29, 0.717) is 11.3 Å². The maximum Gasteiger partial charge on any atom is 0.228 e. The van der Waals surface area contributed by atoms with Crippen LogP contribution in [0.5, 0.6) is 0 Å². The minimum absolute atomic E-state index is 0.120. The summed E-state index contributed by atoms with van der Waals surface area (Å²) in [7, 11) is 0. The van der Waals surface area contributed by atoms with Crippen LogP contribution in [0.1, 0.15) is 5.56 Å². The number of nitrogens with zero attached hydrogens (tertiary/aromatic N) is 3. The molecular formula is C16H13FN4O. The number of hydrogen-bond acceptors (Lipinski definition) is 3. The fourth-order valence-electron chi connectivity index (χ4n) is 2.12. The van der Waals surface area contributed by atoms with E-state index in [1.54, 1.807) is 35.4 Å². The molecule has 3 rings (SSSR count). The van der Waals surface area contributed by atoms with Crippen LogP contribution in [-0.4, -0.2) is 20.7 Å². The quantitative estimate of drug-likeness (QED) is 0.805. The molecule has 110 valence electrons. The average Bonchev–Trinajstić information content (AvgIpc) is 3.01. The van der Waals surface area contributed by atoms with E-state index in [4.69, 9.17) is 0 Å². The fraction of sp³-hybridized carbons (Fsp3) is 0.0625. The monoisotopic (exact) mass is 296 g/mol. The van der Waals surface area contributed by atoms with Gasteiger partial charge >= 0.3 is 0 Å². The molecule has 0 unspecified atom stereocenters. The molecule has 0 fully saturated rings. The normalized spacial score (nSPS) is 10.4. The molecular weight excluding hydrogens is 283 g/mol. The van der Waals surface area contributed by atoms with Crippen molar-refractivity contribution in [1.82, 2.24) is 14.8 Å². The molecule has 1 aromatic heterocycles. The third-order valence-corrected chi connectivity index (χ3v) is 3.10. The van der Waals surface area contributed by atoms with Crippen LogP contribution < -0.4 is 5.32 Å². The first kappa shape index (κ1) is 13.9. The highest BCUT2D eigenvalue weighted by Crippen LogP contribution is 2.14. The van der Waals surface area contributed by atoms with Crippen molar-refractivity contribution in [2.24, 2.45) is 0 Å². The Balaban J connectivity index is 1.70. The molecule has 2 aromatic carbocycles. The Morgan fingerprint density at radius 3 is 2.64 bits per heavy atom. The van der Waals surface area contributed by atoms with Crippen molar-refractivity contribution in [2.75, 3.05) is 5.32 Å². The summed E-state index contributed by atoms with van der Waals surface area (Å²) in [5.41, 5.74) is 2.13. The van der Waals surface area contributed by atoms with Crippen LogP contribution in [0.15, 0.2) is 61.2 Å². The fourth-order valence-corrected chi connectivity index (χ4v) is 2.12. The Hall–Kier alpha value is -3.02. The Morgan fingerprint density at radius 1 is 1.09 bits per heavy atom. The molecule has 3 aromatic rings. The van der Waals surface area contributed by atoms with Gasteiger partial charge in [-0.3, -0.25) is 9.36 Å². The molecule has 6 heteroatoms.